The highest BCUT2D eigenvalue weighted by Gasteiger charge is 2.18. The van der Waals surface area contributed by atoms with Crippen LogP contribution in [0, 0.1) is 0 Å². The lowest BCUT2D eigenvalue weighted by Crippen LogP contribution is -2.37. The summed E-state index contributed by atoms with van der Waals surface area (Å²) < 4.78 is 0. The van der Waals surface area contributed by atoms with Gasteiger partial charge in [0, 0.05) is 50.8 Å². The highest BCUT2D eigenvalue weighted by molar-refractivity contribution is 5.92. The predicted octanol–water partition coefficient (Wildman–Crippen LogP) is 2.26. The molecule has 0 aliphatic heterocycles. The molecular formula is C22H23N5O2. The molecular weight excluding hydrogens is 366 g/mol. The van der Waals surface area contributed by atoms with Crippen molar-refractivity contribution in [2.75, 3.05) is 13.1 Å². The second kappa shape index (κ2) is 10.7. The van der Waals surface area contributed by atoms with Crippen molar-refractivity contribution >= 4 is 11.8 Å². The van der Waals surface area contributed by atoms with E-state index in [0.29, 0.717) is 26.1 Å². The number of rotatable bonds is 9. The van der Waals surface area contributed by atoms with Crippen LogP contribution in [0.5, 0.6) is 0 Å². The first-order chi connectivity index (χ1) is 14.2. The molecule has 2 heterocycles. The van der Waals surface area contributed by atoms with Crippen molar-refractivity contribution in [2.45, 2.75) is 19.4 Å². The van der Waals surface area contributed by atoms with Crippen molar-refractivity contribution in [3.8, 4) is 0 Å². The molecule has 1 N–H and O–H groups in total. The maximum absolute atomic E-state index is 12.8. The minimum absolute atomic E-state index is 0.120. The third kappa shape index (κ3) is 6.49. The Balaban J connectivity index is 1.58. The second-order valence-electron chi connectivity index (χ2n) is 6.51. The molecule has 0 radical (unpaired) electrons. The number of nitrogens with zero attached hydrogens (tertiary/aromatic N) is 4. The number of carbonyl (C=O) groups excluding carboxylic acids is 2. The van der Waals surface area contributed by atoms with Crippen LogP contribution in [-0.4, -0.2) is 44.8 Å². The van der Waals surface area contributed by atoms with Crippen LogP contribution in [0.1, 0.15) is 28.0 Å². The number of hydrogen-bond donors (Lipinski definition) is 1. The quantitative estimate of drug-likeness (QED) is 0.606. The molecule has 1 aromatic carbocycles. The fourth-order valence-electron chi connectivity index (χ4n) is 2.82. The van der Waals surface area contributed by atoms with E-state index in [1.807, 2.05) is 42.5 Å². The number of nitrogens with one attached hydrogen (secondary N) is 1. The fraction of sp³-hybridized carbons (Fsp3) is 0.227. The van der Waals surface area contributed by atoms with Crippen molar-refractivity contribution in [3.63, 3.8) is 0 Å². The first kappa shape index (κ1) is 20.1. The SMILES string of the molecule is O=C(CCN(CCc1ccccc1)C(=O)c1cnccn1)NCc1cccnc1. The van der Waals surface area contributed by atoms with E-state index in [-0.39, 0.29) is 23.9 Å². The zero-order chi connectivity index (χ0) is 20.3. The van der Waals surface area contributed by atoms with Gasteiger partial charge in [-0.2, -0.15) is 0 Å². The first-order valence-electron chi connectivity index (χ1n) is 9.47. The molecule has 3 rings (SSSR count). The Morgan fingerprint density at radius 2 is 1.66 bits per heavy atom. The number of benzene rings is 1. The Bertz CT molecular complexity index is 904. The zero-order valence-electron chi connectivity index (χ0n) is 16.1. The zero-order valence-corrected chi connectivity index (χ0v) is 16.1. The van der Waals surface area contributed by atoms with Gasteiger partial charge in [0.05, 0.1) is 6.20 Å². The van der Waals surface area contributed by atoms with E-state index in [2.05, 4.69) is 20.3 Å². The minimum atomic E-state index is -0.228. The lowest BCUT2D eigenvalue weighted by molar-refractivity contribution is -0.121. The number of aromatic nitrogens is 3. The fourth-order valence-corrected chi connectivity index (χ4v) is 2.82. The Morgan fingerprint density at radius 1 is 0.862 bits per heavy atom. The van der Waals surface area contributed by atoms with Crippen LogP contribution in [-0.2, 0) is 17.8 Å². The smallest absolute Gasteiger partial charge is 0.274 e. The topological polar surface area (TPSA) is 88.1 Å². The van der Waals surface area contributed by atoms with E-state index in [1.165, 1.54) is 18.6 Å². The average molecular weight is 389 g/mol. The molecule has 0 spiro atoms. The molecule has 29 heavy (non-hydrogen) atoms. The Kier molecular flexibility index (Phi) is 7.40. The summed E-state index contributed by atoms with van der Waals surface area (Å²) >= 11 is 0. The van der Waals surface area contributed by atoms with Gasteiger partial charge in [0.2, 0.25) is 5.91 Å². The third-order valence-electron chi connectivity index (χ3n) is 4.40. The molecule has 0 aliphatic rings. The molecule has 148 valence electrons. The van der Waals surface area contributed by atoms with Crippen LogP contribution in [0.4, 0.5) is 0 Å². The molecule has 2 amide bonds. The molecule has 0 fully saturated rings. The highest BCUT2D eigenvalue weighted by Crippen LogP contribution is 2.06. The molecule has 0 aliphatic carbocycles. The summed E-state index contributed by atoms with van der Waals surface area (Å²) in [5.74, 6) is -0.348. The Morgan fingerprint density at radius 3 is 2.38 bits per heavy atom. The second-order valence-corrected chi connectivity index (χ2v) is 6.51. The van der Waals surface area contributed by atoms with Gasteiger partial charge in [-0.3, -0.25) is 19.6 Å². The Labute approximate surface area is 169 Å². The van der Waals surface area contributed by atoms with Crippen molar-refractivity contribution in [2.24, 2.45) is 0 Å². The van der Waals surface area contributed by atoms with Gasteiger partial charge in [-0.05, 0) is 23.6 Å². The summed E-state index contributed by atoms with van der Waals surface area (Å²) in [6, 6.07) is 13.7. The summed E-state index contributed by atoms with van der Waals surface area (Å²) in [7, 11) is 0. The van der Waals surface area contributed by atoms with E-state index >= 15 is 0 Å². The predicted molar refractivity (Wildman–Crippen MR) is 109 cm³/mol. The molecule has 7 heteroatoms. The average Bonchev–Trinajstić information content (AvgIpc) is 2.79. The standard InChI is InChI=1S/C22H23N5O2/c28-21(26-16-19-7-4-10-23-15-19)9-14-27(13-8-18-5-2-1-3-6-18)22(29)20-17-24-11-12-25-20/h1-7,10-12,15,17H,8-9,13-14,16H2,(H,26,28). The Hall–Kier alpha value is -3.61. The van der Waals surface area contributed by atoms with Gasteiger partial charge in [-0.1, -0.05) is 36.4 Å². The van der Waals surface area contributed by atoms with Crippen LogP contribution in [0.3, 0.4) is 0 Å². The van der Waals surface area contributed by atoms with Crippen LogP contribution < -0.4 is 5.32 Å². The van der Waals surface area contributed by atoms with Gasteiger partial charge in [-0.15, -0.1) is 0 Å². The molecule has 2 aromatic heterocycles. The largest absolute Gasteiger partial charge is 0.352 e. The molecule has 0 saturated carbocycles. The van der Waals surface area contributed by atoms with Crippen molar-refractivity contribution in [1.82, 2.24) is 25.2 Å². The van der Waals surface area contributed by atoms with Crippen molar-refractivity contribution in [1.29, 1.82) is 0 Å². The monoisotopic (exact) mass is 389 g/mol. The van der Waals surface area contributed by atoms with E-state index in [4.69, 9.17) is 0 Å². The van der Waals surface area contributed by atoms with E-state index < -0.39 is 0 Å². The van der Waals surface area contributed by atoms with Crippen molar-refractivity contribution < 1.29 is 9.59 Å². The van der Waals surface area contributed by atoms with E-state index in [1.54, 1.807) is 17.3 Å². The number of hydrogen-bond acceptors (Lipinski definition) is 5. The lowest BCUT2D eigenvalue weighted by Gasteiger charge is -2.22. The van der Waals surface area contributed by atoms with Gasteiger partial charge >= 0.3 is 0 Å². The molecule has 3 aromatic rings. The lowest BCUT2D eigenvalue weighted by atomic mass is 10.1. The summed E-state index contributed by atoms with van der Waals surface area (Å²) in [6.07, 6.45) is 8.77. The summed E-state index contributed by atoms with van der Waals surface area (Å²) in [5, 5.41) is 2.86. The van der Waals surface area contributed by atoms with Gasteiger partial charge in [-0.25, -0.2) is 4.98 Å². The normalized spacial score (nSPS) is 10.3. The summed E-state index contributed by atoms with van der Waals surface area (Å²) in [4.78, 5) is 38.8. The third-order valence-corrected chi connectivity index (χ3v) is 4.40. The molecule has 0 bridgehead atoms. The molecule has 7 nitrogen and oxygen atoms in total. The van der Waals surface area contributed by atoms with Gasteiger partial charge in [0.25, 0.3) is 5.91 Å². The van der Waals surface area contributed by atoms with Gasteiger partial charge < -0.3 is 10.2 Å². The van der Waals surface area contributed by atoms with Crippen LogP contribution >= 0.6 is 0 Å². The number of pyridine rings is 1. The highest BCUT2D eigenvalue weighted by atomic mass is 16.2. The van der Waals surface area contributed by atoms with E-state index in [9.17, 15) is 9.59 Å². The summed E-state index contributed by atoms with van der Waals surface area (Å²) in [5.41, 5.74) is 2.33. The van der Waals surface area contributed by atoms with Gasteiger partial charge in [0.1, 0.15) is 5.69 Å². The number of amides is 2. The van der Waals surface area contributed by atoms with Crippen LogP contribution in [0.2, 0.25) is 0 Å². The molecule has 0 saturated heterocycles. The molecule has 0 atom stereocenters. The molecule has 0 unspecified atom stereocenters. The van der Waals surface area contributed by atoms with Crippen LogP contribution in [0.15, 0.2) is 73.4 Å². The maximum Gasteiger partial charge on any atom is 0.274 e. The number of carbonyl (C=O) groups is 2. The minimum Gasteiger partial charge on any atom is -0.352 e. The first-order valence-corrected chi connectivity index (χ1v) is 9.47. The van der Waals surface area contributed by atoms with Crippen molar-refractivity contribution in [3.05, 3.63) is 90.3 Å². The van der Waals surface area contributed by atoms with Crippen LogP contribution in [0.25, 0.3) is 0 Å². The van der Waals surface area contributed by atoms with Gasteiger partial charge in [0.15, 0.2) is 0 Å². The summed E-state index contributed by atoms with van der Waals surface area (Å²) in [6.45, 7) is 1.21. The maximum atomic E-state index is 12.8. The van der Waals surface area contributed by atoms with E-state index in [0.717, 1.165) is 11.1 Å².